The van der Waals surface area contributed by atoms with E-state index >= 15 is 0 Å². The first kappa shape index (κ1) is 23.5. The Labute approximate surface area is 179 Å². The largest absolute Gasteiger partial charge is 0.508 e. The molecule has 2 rings (SSSR count). The minimum absolute atomic E-state index is 0.0573. The van der Waals surface area contributed by atoms with Crippen LogP contribution in [0.1, 0.15) is 12.0 Å². The monoisotopic (exact) mass is 432 g/mol. The van der Waals surface area contributed by atoms with Gasteiger partial charge in [-0.25, -0.2) is 9.59 Å². The third-order valence-corrected chi connectivity index (χ3v) is 4.23. The van der Waals surface area contributed by atoms with E-state index in [-0.39, 0.29) is 24.5 Å². The van der Waals surface area contributed by atoms with E-state index in [2.05, 4.69) is 0 Å². The second kappa shape index (κ2) is 12.1. The first-order valence-corrected chi connectivity index (χ1v) is 9.46. The predicted octanol–water partition coefficient (Wildman–Crippen LogP) is 1.98. The number of aromatic hydroxyl groups is 2. The molecule has 9 nitrogen and oxygen atoms in total. The van der Waals surface area contributed by atoms with Gasteiger partial charge in [0.2, 0.25) is 0 Å². The average molecular weight is 432 g/mol. The van der Waals surface area contributed by atoms with Crippen molar-refractivity contribution in [1.29, 1.82) is 0 Å². The van der Waals surface area contributed by atoms with Gasteiger partial charge < -0.3 is 29.2 Å². The number of carbonyl (C=O) groups is 3. The highest BCUT2D eigenvalue weighted by Gasteiger charge is 2.20. The maximum atomic E-state index is 12.0. The van der Waals surface area contributed by atoms with Gasteiger partial charge in [0.15, 0.2) is 13.2 Å². The number of hydrogen-bond donors (Lipinski definition) is 2. The fourth-order valence-electron chi connectivity index (χ4n) is 2.61. The van der Waals surface area contributed by atoms with E-state index in [1.807, 2.05) is 0 Å². The fourth-order valence-corrected chi connectivity index (χ4v) is 2.61. The van der Waals surface area contributed by atoms with E-state index < -0.39 is 37.0 Å². The van der Waals surface area contributed by atoms with Gasteiger partial charge in [0.1, 0.15) is 17.2 Å². The molecule has 2 aromatic carbocycles. The topological polar surface area (TPSA) is 129 Å². The molecule has 0 spiro atoms. The zero-order valence-corrected chi connectivity index (χ0v) is 17.0. The summed E-state index contributed by atoms with van der Waals surface area (Å²) < 4.78 is 19.8. The smallest absolute Gasteiger partial charge is 0.344 e. The molecule has 9 heteroatoms. The van der Waals surface area contributed by atoms with Crippen molar-refractivity contribution in [2.45, 2.75) is 12.8 Å². The van der Waals surface area contributed by atoms with Crippen LogP contribution in [0.4, 0.5) is 0 Å². The Balaban J connectivity index is 1.69. The van der Waals surface area contributed by atoms with Crippen molar-refractivity contribution in [1.82, 2.24) is 0 Å². The quantitative estimate of drug-likeness (QED) is 0.404. The summed E-state index contributed by atoms with van der Waals surface area (Å²) in [6.45, 7) is -1.05. The number of carbonyl (C=O) groups excluding carboxylic acids is 3. The molecular formula is C22H24O9. The first-order valence-electron chi connectivity index (χ1n) is 9.46. The summed E-state index contributed by atoms with van der Waals surface area (Å²) in [4.78, 5) is 35.4. The van der Waals surface area contributed by atoms with Crippen LogP contribution in [-0.2, 0) is 35.0 Å². The fraction of sp³-hybridized carbons (Fsp3) is 0.318. The summed E-state index contributed by atoms with van der Waals surface area (Å²) in [5, 5.41) is 18.5. The number of methoxy groups -OCH3 is 1. The maximum Gasteiger partial charge on any atom is 0.344 e. The molecule has 1 unspecified atom stereocenters. The van der Waals surface area contributed by atoms with Crippen LogP contribution in [0, 0.1) is 5.92 Å². The number of hydrogen-bond acceptors (Lipinski definition) is 9. The normalized spacial score (nSPS) is 11.3. The highest BCUT2D eigenvalue weighted by molar-refractivity contribution is 5.77. The van der Waals surface area contributed by atoms with Crippen LogP contribution in [0.3, 0.4) is 0 Å². The van der Waals surface area contributed by atoms with Crippen LogP contribution in [0.2, 0.25) is 0 Å². The van der Waals surface area contributed by atoms with Crippen molar-refractivity contribution in [2.24, 2.45) is 5.92 Å². The first-order chi connectivity index (χ1) is 14.9. The number of phenols is 2. The Hall–Kier alpha value is -3.75. The highest BCUT2D eigenvalue weighted by atomic mass is 16.6. The van der Waals surface area contributed by atoms with Crippen LogP contribution >= 0.6 is 0 Å². The number of rotatable bonds is 11. The van der Waals surface area contributed by atoms with Gasteiger partial charge in [0.25, 0.3) is 0 Å². The Kier molecular flexibility index (Phi) is 9.15. The van der Waals surface area contributed by atoms with Crippen LogP contribution in [0.15, 0.2) is 48.5 Å². The van der Waals surface area contributed by atoms with Crippen LogP contribution in [0.5, 0.6) is 17.2 Å². The molecule has 0 saturated heterocycles. The predicted molar refractivity (Wildman–Crippen MR) is 107 cm³/mol. The van der Waals surface area contributed by atoms with Gasteiger partial charge >= 0.3 is 17.9 Å². The molecule has 0 aliphatic carbocycles. The number of phenolic OH excluding ortho intramolecular Hbond substituents is 2. The minimum atomic E-state index is -0.759. The lowest BCUT2D eigenvalue weighted by Crippen LogP contribution is -2.24. The van der Waals surface area contributed by atoms with Crippen molar-refractivity contribution in [3.8, 4) is 17.2 Å². The van der Waals surface area contributed by atoms with Gasteiger partial charge in [-0.2, -0.15) is 0 Å². The van der Waals surface area contributed by atoms with Crippen molar-refractivity contribution in [2.75, 3.05) is 26.9 Å². The van der Waals surface area contributed by atoms with Crippen LogP contribution in [-0.4, -0.2) is 55.1 Å². The second-order valence-electron chi connectivity index (χ2n) is 6.54. The van der Waals surface area contributed by atoms with Crippen molar-refractivity contribution in [3.63, 3.8) is 0 Å². The Morgan fingerprint density at radius 3 is 2.03 bits per heavy atom. The molecule has 0 aromatic heterocycles. The summed E-state index contributed by atoms with van der Waals surface area (Å²) >= 11 is 0. The van der Waals surface area contributed by atoms with Gasteiger partial charge in [-0.1, -0.05) is 12.1 Å². The summed E-state index contributed by atoms with van der Waals surface area (Å²) in [6, 6.07) is 12.2. The van der Waals surface area contributed by atoms with Gasteiger partial charge in [-0.05, 0) is 54.8 Å². The molecule has 166 valence electrons. The zero-order valence-electron chi connectivity index (χ0n) is 17.0. The minimum Gasteiger partial charge on any atom is -0.508 e. The van der Waals surface area contributed by atoms with Crippen molar-refractivity contribution in [3.05, 3.63) is 54.1 Å². The SMILES string of the molecule is COC(=O)C(CCOC(=O)COC(=O)COc1ccc(O)cc1)Cc1ccc(O)cc1. The van der Waals surface area contributed by atoms with Crippen molar-refractivity contribution >= 4 is 17.9 Å². The van der Waals surface area contributed by atoms with Crippen LogP contribution < -0.4 is 4.74 Å². The Bertz CT molecular complexity index is 860. The number of esters is 3. The molecule has 0 fully saturated rings. The highest BCUT2D eigenvalue weighted by Crippen LogP contribution is 2.17. The summed E-state index contributed by atoms with van der Waals surface area (Å²) in [6.07, 6.45) is 0.575. The molecule has 0 amide bonds. The van der Waals surface area contributed by atoms with Gasteiger partial charge in [-0.3, -0.25) is 4.79 Å². The summed E-state index contributed by atoms with van der Waals surface area (Å²) in [5.41, 5.74) is 0.821. The van der Waals surface area contributed by atoms with E-state index in [4.69, 9.17) is 18.9 Å². The van der Waals surface area contributed by atoms with Crippen molar-refractivity contribution < 1.29 is 43.5 Å². The zero-order chi connectivity index (χ0) is 22.6. The molecule has 0 heterocycles. The van der Waals surface area contributed by atoms with Gasteiger partial charge in [-0.15, -0.1) is 0 Å². The molecule has 1 atom stereocenters. The lowest BCUT2D eigenvalue weighted by atomic mass is 9.96. The lowest BCUT2D eigenvalue weighted by Gasteiger charge is -2.15. The third-order valence-electron chi connectivity index (χ3n) is 4.23. The second-order valence-corrected chi connectivity index (χ2v) is 6.54. The van der Waals surface area contributed by atoms with E-state index in [0.717, 1.165) is 5.56 Å². The molecule has 0 aliphatic rings. The molecule has 2 N–H and O–H groups in total. The molecule has 0 aliphatic heterocycles. The van der Waals surface area contributed by atoms with E-state index in [1.165, 1.54) is 43.5 Å². The van der Waals surface area contributed by atoms with E-state index in [1.54, 1.807) is 12.1 Å². The summed E-state index contributed by atoms with van der Waals surface area (Å²) in [5.74, 6) is -1.95. The molecule has 31 heavy (non-hydrogen) atoms. The van der Waals surface area contributed by atoms with Gasteiger partial charge in [0, 0.05) is 0 Å². The van der Waals surface area contributed by atoms with Gasteiger partial charge in [0.05, 0.1) is 19.6 Å². The van der Waals surface area contributed by atoms with E-state index in [0.29, 0.717) is 12.2 Å². The number of ether oxygens (including phenoxy) is 4. The molecule has 2 aromatic rings. The lowest BCUT2D eigenvalue weighted by molar-refractivity contribution is -0.160. The molecule has 0 radical (unpaired) electrons. The molecule has 0 saturated carbocycles. The standard InChI is InChI=1S/C22H24O9/c1-28-22(27)16(12-15-2-4-17(23)5-3-15)10-11-29-20(25)14-31-21(26)13-30-19-8-6-18(24)7-9-19/h2-9,16,23-24H,10-14H2,1H3. The number of benzene rings is 2. The third kappa shape index (κ3) is 8.65. The maximum absolute atomic E-state index is 12.0. The Morgan fingerprint density at radius 1 is 0.839 bits per heavy atom. The Morgan fingerprint density at radius 2 is 1.42 bits per heavy atom. The molecule has 0 bridgehead atoms. The molecular weight excluding hydrogens is 408 g/mol. The average Bonchev–Trinajstić information content (AvgIpc) is 2.77. The summed E-state index contributed by atoms with van der Waals surface area (Å²) in [7, 11) is 1.28. The van der Waals surface area contributed by atoms with Crippen LogP contribution in [0.25, 0.3) is 0 Å². The van der Waals surface area contributed by atoms with E-state index in [9.17, 15) is 24.6 Å².